The Hall–Kier alpha value is -2.69. The standard InChI is InChI=1S/C20H16BrN3O4S2/c21-13-5-3-4-12(10-13)11-16-19(28)24(20(29)30-16)9-8-17(26)22-23-18(27)14-6-1-2-7-15(14)25/h1-7,10-11,25H,8-9H2,(H,22,26)(H,23,27)/b16-11+. The van der Waals surface area contributed by atoms with Gasteiger partial charge >= 0.3 is 0 Å². The number of nitrogens with zero attached hydrogens (tertiary/aromatic N) is 1. The predicted molar refractivity (Wildman–Crippen MR) is 122 cm³/mol. The first-order valence-electron chi connectivity index (χ1n) is 8.73. The Morgan fingerprint density at radius 1 is 1.17 bits per heavy atom. The van der Waals surface area contributed by atoms with Crippen molar-refractivity contribution < 1.29 is 19.5 Å². The van der Waals surface area contributed by atoms with Crippen LogP contribution in [0.2, 0.25) is 0 Å². The van der Waals surface area contributed by atoms with Crippen molar-refractivity contribution in [1.82, 2.24) is 15.8 Å². The van der Waals surface area contributed by atoms with E-state index in [0.717, 1.165) is 10.0 Å². The summed E-state index contributed by atoms with van der Waals surface area (Å²) in [7, 11) is 0. The summed E-state index contributed by atoms with van der Waals surface area (Å²) in [6.07, 6.45) is 1.69. The highest BCUT2D eigenvalue weighted by molar-refractivity contribution is 9.10. The third-order valence-corrected chi connectivity index (χ3v) is 5.92. The van der Waals surface area contributed by atoms with Gasteiger partial charge in [-0.05, 0) is 35.9 Å². The molecule has 2 aromatic rings. The number of benzene rings is 2. The highest BCUT2D eigenvalue weighted by atomic mass is 79.9. The van der Waals surface area contributed by atoms with Crippen LogP contribution in [0.3, 0.4) is 0 Å². The van der Waals surface area contributed by atoms with Gasteiger partial charge in [-0.1, -0.05) is 64.2 Å². The number of hydrogen-bond acceptors (Lipinski definition) is 6. The van der Waals surface area contributed by atoms with Gasteiger partial charge in [-0.25, -0.2) is 0 Å². The maximum absolute atomic E-state index is 12.6. The molecule has 30 heavy (non-hydrogen) atoms. The van der Waals surface area contributed by atoms with Gasteiger partial charge in [0.15, 0.2) is 0 Å². The monoisotopic (exact) mass is 505 g/mol. The van der Waals surface area contributed by atoms with E-state index >= 15 is 0 Å². The van der Waals surface area contributed by atoms with E-state index in [1.54, 1.807) is 18.2 Å². The number of carbonyl (C=O) groups excluding carboxylic acids is 3. The van der Waals surface area contributed by atoms with Gasteiger partial charge in [0.2, 0.25) is 5.91 Å². The number of hydrogen-bond donors (Lipinski definition) is 3. The number of amides is 3. The molecule has 0 saturated carbocycles. The third-order valence-electron chi connectivity index (χ3n) is 4.05. The average molecular weight is 506 g/mol. The lowest BCUT2D eigenvalue weighted by Gasteiger charge is -2.14. The van der Waals surface area contributed by atoms with Crippen LogP contribution in [0.15, 0.2) is 57.9 Å². The normalized spacial score (nSPS) is 14.8. The lowest BCUT2D eigenvalue weighted by Crippen LogP contribution is -2.43. The minimum absolute atomic E-state index is 0.0347. The molecular formula is C20H16BrN3O4S2. The average Bonchev–Trinajstić information content (AvgIpc) is 2.97. The number of thioether (sulfide) groups is 1. The number of halogens is 1. The zero-order valence-corrected chi connectivity index (χ0v) is 18.6. The highest BCUT2D eigenvalue weighted by Gasteiger charge is 2.32. The number of phenols is 1. The topological polar surface area (TPSA) is 98.7 Å². The Morgan fingerprint density at radius 2 is 1.93 bits per heavy atom. The lowest BCUT2D eigenvalue weighted by atomic mass is 10.2. The number of thiocarbonyl (C=S) groups is 1. The number of phenolic OH excluding ortho intramolecular Hbond substituents is 1. The Balaban J connectivity index is 1.53. The van der Waals surface area contributed by atoms with Crippen LogP contribution in [0.1, 0.15) is 22.3 Å². The first-order valence-corrected chi connectivity index (χ1v) is 10.7. The fourth-order valence-electron chi connectivity index (χ4n) is 2.58. The van der Waals surface area contributed by atoms with Crippen LogP contribution >= 0.6 is 39.9 Å². The third kappa shape index (κ3) is 5.47. The van der Waals surface area contributed by atoms with Crippen LogP contribution in [-0.4, -0.2) is 38.6 Å². The molecule has 3 N–H and O–H groups in total. The van der Waals surface area contributed by atoms with Gasteiger partial charge in [0, 0.05) is 17.4 Å². The molecule has 10 heteroatoms. The van der Waals surface area contributed by atoms with Gasteiger partial charge in [0.1, 0.15) is 10.1 Å². The zero-order valence-electron chi connectivity index (χ0n) is 15.4. The van der Waals surface area contributed by atoms with E-state index in [1.807, 2.05) is 24.3 Å². The lowest BCUT2D eigenvalue weighted by molar-refractivity contribution is -0.124. The SMILES string of the molecule is O=C(CCN1C(=O)/C(=C\c2cccc(Br)c2)SC1=S)NNC(=O)c1ccccc1O. The van der Waals surface area contributed by atoms with Crippen LogP contribution in [0, 0.1) is 0 Å². The molecule has 3 amide bonds. The molecule has 0 radical (unpaired) electrons. The van der Waals surface area contributed by atoms with Crippen molar-refractivity contribution in [3.05, 3.63) is 69.0 Å². The molecule has 0 spiro atoms. The summed E-state index contributed by atoms with van der Waals surface area (Å²) in [6, 6.07) is 13.5. The van der Waals surface area contributed by atoms with E-state index in [1.165, 1.54) is 28.8 Å². The summed E-state index contributed by atoms with van der Waals surface area (Å²) >= 11 is 9.83. The molecule has 154 valence electrons. The summed E-state index contributed by atoms with van der Waals surface area (Å²) in [4.78, 5) is 38.5. The van der Waals surface area contributed by atoms with Crippen molar-refractivity contribution in [3.8, 4) is 5.75 Å². The Bertz CT molecular complexity index is 1060. The number of carbonyl (C=O) groups is 3. The number of nitrogens with one attached hydrogen (secondary N) is 2. The summed E-state index contributed by atoms with van der Waals surface area (Å²) in [6.45, 7) is 0.0821. The summed E-state index contributed by atoms with van der Waals surface area (Å²) in [5.41, 5.74) is 5.38. The van der Waals surface area contributed by atoms with E-state index < -0.39 is 11.8 Å². The number of hydrazine groups is 1. The summed E-state index contributed by atoms with van der Waals surface area (Å²) in [5, 5.41) is 9.65. The van der Waals surface area contributed by atoms with Crippen LogP contribution < -0.4 is 10.9 Å². The van der Waals surface area contributed by atoms with Crippen molar-refractivity contribution >= 4 is 68.0 Å². The minimum atomic E-state index is -0.649. The van der Waals surface area contributed by atoms with Crippen molar-refractivity contribution in [2.75, 3.05) is 6.54 Å². The van der Waals surface area contributed by atoms with Gasteiger partial charge in [-0.15, -0.1) is 0 Å². The largest absolute Gasteiger partial charge is 0.507 e. The molecule has 1 aliphatic rings. The number of rotatable bonds is 5. The fourth-order valence-corrected chi connectivity index (χ4v) is 4.30. The molecule has 3 rings (SSSR count). The molecule has 1 fully saturated rings. The van der Waals surface area contributed by atoms with Gasteiger partial charge < -0.3 is 5.11 Å². The molecule has 1 aliphatic heterocycles. The Kier molecular flexibility index (Phi) is 7.24. The molecule has 0 unspecified atom stereocenters. The van der Waals surface area contributed by atoms with E-state index in [0.29, 0.717) is 9.23 Å². The Labute approximate surface area is 190 Å². The predicted octanol–water partition coefficient (Wildman–Crippen LogP) is 3.21. The van der Waals surface area contributed by atoms with Crippen molar-refractivity contribution in [3.63, 3.8) is 0 Å². The molecule has 0 bridgehead atoms. The van der Waals surface area contributed by atoms with Crippen LogP contribution in [0.4, 0.5) is 0 Å². The maximum Gasteiger partial charge on any atom is 0.273 e. The van der Waals surface area contributed by atoms with Gasteiger partial charge in [-0.2, -0.15) is 0 Å². The molecule has 1 saturated heterocycles. The molecule has 0 aromatic heterocycles. The van der Waals surface area contributed by atoms with Crippen LogP contribution in [0.5, 0.6) is 5.75 Å². The molecule has 1 heterocycles. The molecular weight excluding hydrogens is 490 g/mol. The number of para-hydroxylation sites is 1. The van der Waals surface area contributed by atoms with Gasteiger partial charge in [-0.3, -0.25) is 30.1 Å². The van der Waals surface area contributed by atoms with Gasteiger partial charge in [0.25, 0.3) is 11.8 Å². The summed E-state index contributed by atoms with van der Waals surface area (Å²) < 4.78 is 1.27. The zero-order chi connectivity index (χ0) is 21.7. The molecule has 7 nitrogen and oxygen atoms in total. The second kappa shape index (κ2) is 9.88. The Morgan fingerprint density at radius 3 is 2.67 bits per heavy atom. The number of aromatic hydroxyl groups is 1. The van der Waals surface area contributed by atoms with E-state index in [2.05, 4.69) is 26.8 Å². The van der Waals surface area contributed by atoms with Crippen LogP contribution in [0.25, 0.3) is 6.08 Å². The first kappa shape index (κ1) is 22.0. The quantitative estimate of drug-likeness (QED) is 0.327. The molecule has 0 aliphatic carbocycles. The maximum atomic E-state index is 12.6. The fraction of sp³-hybridized carbons (Fsp3) is 0.100. The highest BCUT2D eigenvalue weighted by Crippen LogP contribution is 2.32. The van der Waals surface area contributed by atoms with Gasteiger partial charge in [0.05, 0.1) is 10.5 Å². The van der Waals surface area contributed by atoms with Crippen LogP contribution in [-0.2, 0) is 9.59 Å². The van der Waals surface area contributed by atoms with E-state index in [4.69, 9.17) is 12.2 Å². The van der Waals surface area contributed by atoms with Crippen molar-refractivity contribution in [2.45, 2.75) is 6.42 Å². The van der Waals surface area contributed by atoms with E-state index in [-0.39, 0.29) is 30.2 Å². The minimum Gasteiger partial charge on any atom is -0.507 e. The van der Waals surface area contributed by atoms with Crippen molar-refractivity contribution in [1.29, 1.82) is 0 Å². The second-order valence-corrected chi connectivity index (χ2v) is 8.75. The van der Waals surface area contributed by atoms with E-state index in [9.17, 15) is 19.5 Å². The molecule has 0 atom stereocenters. The first-order chi connectivity index (χ1) is 14.3. The smallest absolute Gasteiger partial charge is 0.273 e. The van der Waals surface area contributed by atoms with Crippen molar-refractivity contribution in [2.24, 2.45) is 0 Å². The molecule has 2 aromatic carbocycles. The second-order valence-electron chi connectivity index (χ2n) is 6.16. The summed E-state index contributed by atoms with van der Waals surface area (Å²) in [5.74, 6) is -1.61.